The lowest BCUT2D eigenvalue weighted by molar-refractivity contribution is -0.0662. The van der Waals surface area contributed by atoms with Crippen molar-refractivity contribution >= 4 is 5.69 Å². The van der Waals surface area contributed by atoms with E-state index in [1.165, 1.54) is 0 Å². The smallest absolute Gasteiger partial charge is 0.0992 e. The van der Waals surface area contributed by atoms with Gasteiger partial charge < -0.3 is 14.6 Å². The molecule has 0 radical (unpaired) electrons. The van der Waals surface area contributed by atoms with Crippen LogP contribution in [0.4, 0.5) is 5.69 Å². The Balaban J connectivity index is 1.90. The molecule has 4 nitrogen and oxygen atoms in total. The SMILES string of the molecule is CC1(C)CC(Nc2ccccc2-n2ccnc2)C(C)(C)O1. The van der Waals surface area contributed by atoms with Gasteiger partial charge in [-0.25, -0.2) is 4.98 Å². The number of para-hydroxylation sites is 2. The fourth-order valence-corrected chi connectivity index (χ4v) is 3.20. The molecular weight excluding hydrogens is 262 g/mol. The zero-order valence-electron chi connectivity index (χ0n) is 13.1. The minimum Gasteiger partial charge on any atom is -0.378 e. The van der Waals surface area contributed by atoms with Crippen molar-refractivity contribution < 1.29 is 4.74 Å². The maximum absolute atomic E-state index is 6.17. The molecule has 2 aromatic rings. The quantitative estimate of drug-likeness (QED) is 0.936. The van der Waals surface area contributed by atoms with E-state index in [-0.39, 0.29) is 17.2 Å². The molecule has 1 fully saturated rings. The first-order valence-electron chi connectivity index (χ1n) is 7.41. The average Bonchev–Trinajstić information content (AvgIpc) is 2.96. The molecule has 1 unspecified atom stereocenters. The topological polar surface area (TPSA) is 39.1 Å². The molecule has 21 heavy (non-hydrogen) atoms. The van der Waals surface area contributed by atoms with Crippen molar-refractivity contribution in [2.75, 3.05) is 5.32 Å². The number of anilines is 1. The maximum Gasteiger partial charge on any atom is 0.0992 e. The lowest BCUT2D eigenvalue weighted by Gasteiger charge is -2.29. The molecule has 4 heteroatoms. The number of benzene rings is 1. The second-order valence-corrected chi connectivity index (χ2v) is 6.85. The summed E-state index contributed by atoms with van der Waals surface area (Å²) in [5, 5.41) is 3.67. The molecule has 0 spiro atoms. The monoisotopic (exact) mass is 285 g/mol. The number of aromatic nitrogens is 2. The fraction of sp³-hybridized carbons (Fsp3) is 0.471. The van der Waals surface area contributed by atoms with Crippen molar-refractivity contribution in [3.63, 3.8) is 0 Å². The molecule has 2 heterocycles. The molecule has 1 aromatic heterocycles. The molecule has 0 saturated carbocycles. The third-order valence-corrected chi connectivity index (χ3v) is 4.09. The average molecular weight is 285 g/mol. The van der Waals surface area contributed by atoms with Gasteiger partial charge in [-0.1, -0.05) is 12.1 Å². The Bertz CT molecular complexity index is 617. The van der Waals surface area contributed by atoms with Crippen molar-refractivity contribution in [1.82, 2.24) is 9.55 Å². The molecular formula is C17H23N3O. The first-order chi connectivity index (χ1) is 9.87. The van der Waals surface area contributed by atoms with Crippen molar-refractivity contribution in [2.45, 2.75) is 51.4 Å². The molecule has 0 amide bonds. The molecule has 1 aliphatic heterocycles. The summed E-state index contributed by atoms with van der Waals surface area (Å²) in [5.74, 6) is 0. The molecule has 1 saturated heterocycles. The van der Waals surface area contributed by atoms with Crippen LogP contribution in [0.1, 0.15) is 34.1 Å². The van der Waals surface area contributed by atoms with Gasteiger partial charge >= 0.3 is 0 Å². The van der Waals surface area contributed by atoms with Gasteiger partial charge in [0, 0.05) is 12.4 Å². The van der Waals surface area contributed by atoms with Crippen molar-refractivity contribution in [3.05, 3.63) is 43.0 Å². The second-order valence-electron chi connectivity index (χ2n) is 6.85. The molecule has 0 aliphatic carbocycles. The zero-order valence-corrected chi connectivity index (χ0v) is 13.1. The number of hydrogen-bond donors (Lipinski definition) is 1. The molecule has 0 bridgehead atoms. The van der Waals surface area contributed by atoms with Gasteiger partial charge in [0.1, 0.15) is 0 Å². The van der Waals surface area contributed by atoms with Gasteiger partial charge in [-0.3, -0.25) is 0 Å². The van der Waals surface area contributed by atoms with Crippen LogP contribution >= 0.6 is 0 Å². The van der Waals surface area contributed by atoms with E-state index in [9.17, 15) is 0 Å². The highest BCUT2D eigenvalue weighted by Crippen LogP contribution is 2.39. The summed E-state index contributed by atoms with van der Waals surface area (Å²) in [5.41, 5.74) is 1.93. The highest BCUT2D eigenvalue weighted by molar-refractivity contribution is 5.61. The lowest BCUT2D eigenvalue weighted by atomic mass is 9.94. The molecule has 1 atom stereocenters. The summed E-state index contributed by atoms with van der Waals surface area (Å²) in [4.78, 5) is 4.13. The fourth-order valence-electron chi connectivity index (χ4n) is 3.20. The van der Waals surface area contributed by atoms with Crippen molar-refractivity contribution in [2.24, 2.45) is 0 Å². The minimum absolute atomic E-state index is 0.0921. The van der Waals surface area contributed by atoms with Crippen LogP contribution in [-0.2, 0) is 4.74 Å². The van der Waals surface area contributed by atoms with Gasteiger partial charge in [-0.2, -0.15) is 0 Å². The van der Waals surface area contributed by atoms with E-state index in [4.69, 9.17) is 4.74 Å². The van der Waals surface area contributed by atoms with Crippen LogP contribution < -0.4 is 5.32 Å². The molecule has 1 N–H and O–H groups in total. The van der Waals surface area contributed by atoms with E-state index in [1.807, 2.05) is 23.2 Å². The largest absolute Gasteiger partial charge is 0.378 e. The van der Waals surface area contributed by atoms with Crippen LogP contribution in [0, 0.1) is 0 Å². The summed E-state index contributed by atoms with van der Waals surface area (Å²) in [6, 6.07) is 8.57. The summed E-state index contributed by atoms with van der Waals surface area (Å²) >= 11 is 0. The number of nitrogens with zero attached hydrogens (tertiary/aromatic N) is 2. The summed E-state index contributed by atoms with van der Waals surface area (Å²) < 4.78 is 8.19. The van der Waals surface area contributed by atoms with E-state index in [2.05, 4.69) is 56.2 Å². The number of nitrogens with one attached hydrogen (secondary N) is 1. The first kappa shape index (κ1) is 14.1. The normalized spacial score (nSPS) is 23.1. The third kappa shape index (κ3) is 2.81. The van der Waals surface area contributed by atoms with Gasteiger partial charge in [0.05, 0.1) is 34.9 Å². The lowest BCUT2D eigenvalue weighted by Crippen LogP contribution is -2.38. The Morgan fingerprint density at radius 3 is 2.62 bits per heavy atom. The molecule has 3 rings (SSSR count). The zero-order chi connectivity index (χ0) is 15.1. The third-order valence-electron chi connectivity index (χ3n) is 4.09. The number of ether oxygens (including phenoxy) is 1. The number of hydrogen-bond acceptors (Lipinski definition) is 3. The van der Waals surface area contributed by atoms with Crippen LogP contribution in [-0.4, -0.2) is 26.8 Å². The van der Waals surface area contributed by atoms with Gasteiger partial charge in [0.2, 0.25) is 0 Å². The van der Waals surface area contributed by atoms with Crippen LogP contribution in [0.15, 0.2) is 43.0 Å². The standard InChI is InChI=1S/C17H23N3O/c1-16(2)11-15(17(3,4)21-16)19-13-7-5-6-8-14(13)20-10-9-18-12-20/h5-10,12,15,19H,11H2,1-4H3. The summed E-state index contributed by atoms with van der Waals surface area (Å²) in [7, 11) is 0. The second kappa shape index (κ2) is 4.88. The van der Waals surface area contributed by atoms with Crippen LogP contribution in [0.25, 0.3) is 5.69 Å². The number of rotatable bonds is 3. The predicted octanol–water partition coefficient (Wildman–Crippen LogP) is 3.63. The highest BCUT2D eigenvalue weighted by Gasteiger charge is 2.45. The van der Waals surface area contributed by atoms with Crippen LogP contribution in [0.3, 0.4) is 0 Å². The maximum atomic E-state index is 6.17. The van der Waals surface area contributed by atoms with Gasteiger partial charge in [-0.15, -0.1) is 0 Å². The van der Waals surface area contributed by atoms with Gasteiger partial charge in [0.25, 0.3) is 0 Å². The van der Waals surface area contributed by atoms with Crippen molar-refractivity contribution in [1.29, 1.82) is 0 Å². The minimum atomic E-state index is -0.189. The summed E-state index contributed by atoms with van der Waals surface area (Å²) in [6.07, 6.45) is 6.56. The van der Waals surface area contributed by atoms with E-state index in [1.54, 1.807) is 6.20 Å². The summed E-state index contributed by atoms with van der Waals surface area (Å²) in [6.45, 7) is 8.61. The Morgan fingerprint density at radius 1 is 1.24 bits per heavy atom. The Hall–Kier alpha value is -1.81. The Morgan fingerprint density at radius 2 is 2.00 bits per heavy atom. The predicted molar refractivity (Wildman–Crippen MR) is 84.8 cm³/mol. The number of imidazole rings is 1. The molecule has 1 aromatic carbocycles. The van der Waals surface area contributed by atoms with E-state index < -0.39 is 0 Å². The highest BCUT2D eigenvalue weighted by atomic mass is 16.5. The van der Waals surface area contributed by atoms with Crippen LogP contribution in [0.5, 0.6) is 0 Å². The van der Waals surface area contributed by atoms with E-state index in [0.717, 1.165) is 17.8 Å². The first-order valence-corrected chi connectivity index (χ1v) is 7.41. The van der Waals surface area contributed by atoms with Gasteiger partial charge in [-0.05, 0) is 46.2 Å². The molecule has 112 valence electrons. The Labute approximate surface area is 126 Å². The van der Waals surface area contributed by atoms with Gasteiger partial charge in [0.15, 0.2) is 0 Å². The van der Waals surface area contributed by atoms with E-state index >= 15 is 0 Å². The van der Waals surface area contributed by atoms with E-state index in [0.29, 0.717) is 0 Å². The van der Waals surface area contributed by atoms with Crippen LogP contribution in [0.2, 0.25) is 0 Å². The molecule has 1 aliphatic rings. The Kier molecular flexibility index (Phi) is 3.29. The van der Waals surface area contributed by atoms with Crippen molar-refractivity contribution in [3.8, 4) is 5.69 Å².